The monoisotopic (exact) mass is 271 g/mol. The second kappa shape index (κ2) is 12.9. The van der Waals surface area contributed by atoms with Crippen LogP contribution in [0, 0.1) is 6.92 Å². The molecule has 6 heteroatoms. The number of rotatable bonds is 7. The first-order chi connectivity index (χ1) is 7.16. The molecule has 0 aromatic carbocycles. The van der Waals surface area contributed by atoms with Crippen LogP contribution < -0.4 is 0 Å². The van der Waals surface area contributed by atoms with Gasteiger partial charge in [0.05, 0.1) is 0 Å². The molecule has 0 aromatic heterocycles. The van der Waals surface area contributed by atoms with E-state index in [9.17, 15) is 0 Å². The molecule has 0 unspecified atom stereocenters. The van der Waals surface area contributed by atoms with E-state index in [1.165, 1.54) is 0 Å². The average molecular weight is 271 g/mol. The first-order valence-electron chi connectivity index (χ1n) is 4.82. The average Bonchev–Trinajstić information content (AvgIpc) is 2.32. The van der Waals surface area contributed by atoms with E-state index in [2.05, 4.69) is 32.2 Å². The molecule has 0 fully saturated rings. The highest BCUT2D eigenvalue weighted by molar-refractivity contribution is 7.80. The lowest BCUT2D eigenvalue weighted by Gasteiger charge is -2.23. The van der Waals surface area contributed by atoms with Crippen molar-refractivity contribution in [3.8, 4) is 0 Å². The Morgan fingerprint density at radius 3 is 1.60 bits per heavy atom. The van der Waals surface area contributed by atoms with Crippen molar-refractivity contribution in [2.75, 3.05) is 32.8 Å². The van der Waals surface area contributed by atoms with Gasteiger partial charge in [-0.25, -0.2) is 0 Å². The molecule has 0 bridgehead atoms. The predicted molar refractivity (Wildman–Crippen MR) is 73.9 cm³/mol. The minimum atomic E-state index is -2.29. The summed E-state index contributed by atoms with van der Waals surface area (Å²) < 4.78 is 15.6. The fourth-order valence-corrected chi connectivity index (χ4v) is 3.03. The zero-order valence-electron chi connectivity index (χ0n) is 9.86. The third kappa shape index (κ3) is 9.71. The van der Waals surface area contributed by atoms with Crippen molar-refractivity contribution in [2.24, 2.45) is 0 Å². The van der Waals surface area contributed by atoms with Gasteiger partial charge in [0.2, 0.25) is 0 Å². The van der Waals surface area contributed by atoms with Gasteiger partial charge >= 0.3 is 8.80 Å². The molecule has 1 radical (unpaired) electrons. The summed E-state index contributed by atoms with van der Waals surface area (Å²) >= 11 is 7.96. The van der Waals surface area contributed by atoms with Gasteiger partial charge in [0, 0.05) is 27.4 Å². The lowest BCUT2D eigenvalue weighted by Crippen LogP contribution is -2.42. The van der Waals surface area contributed by atoms with E-state index in [-0.39, 0.29) is 0 Å². The molecule has 0 aliphatic heterocycles. The maximum absolute atomic E-state index is 5.20. The van der Waals surface area contributed by atoms with Crippen LogP contribution in [-0.4, -0.2) is 41.6 Å². The Labute approximate surface area is 106 Å². The zero-order valence-corrected chi connectivity index (χ0v) is 12.7. The van der Waals surface area contributed by atoms with Crippen LogP contribution in [0.2, 0.25) is 6.04 Å². The van der Waals surface area contributed by atoms with Gasteiger partial charge in [0.25, 0.3) is 0 Å². The van der Waals surface area contributed by atoms with Gasteiger partial charge in [0.1, 0.15) is 0 Å². The van der Waals surface area contributed by atoms with Crippen LogP contribution in [0.5, 0.6) is 0 Å². The summed E-state index contributed by atoms with van der Waals surface area (Å²) in [5.74, 6) is 1.74. The van der Waals surface area contributed by atoms with Crippen LogP contribution in [0.25, 0.3) is 0 Å². The second-order valence-corrected chi connectivity index (χ2v) is 6.68. The van der Waals surface area contributed by atoms with Gasteiger partial charge in [-0.1, -0.05) is 6.92 Å². The van der Waals surface area contributed by atoms with Crippen molar-refractivity contribution in [3.63, 3.8) is 0 Å². The Hall–Kier alpha value is 0.797. The van der Waals surface area contributed by atoms with Crippen molar-refractivity contribution < 1.29 is 13.3 Å². The highest BCUT2D eigenvalue weighted by Crippen LogP contribution is 2.14. The van der Waals surface area contributed by atoms with Crippen LogP contribution in [0.3, 0.4) is 0 Å². The van der Waals surface area contributed by atoms with Gasteiger partial charge in [-0.2, -0.15) is 25.3 Å². The molecular formula is C9H23O3S2Si. The molecule has 3 nitrogen and oxygen atoms in total. The number of hydrogen-bond acceptors (Lipinski definition) is 5. The lowest BCUT2D eigenvalue weighted by atomic mass is 10.6. The van der Waals surface area contributed by atoms with E-state index in [1.54, 1.807) is 21.3 Å². The van der Waals surface area contributed by atoms with Crippen LogP contribution >= 0.6 is 25.3 Å². The van der Waals surface area contributed by atoms with Crippen LogP contribution in [0.1, 0.15) is 12.8 Å². The summed E-state index contributed by atoms with van der Waals surface area (Å²) in [4.78, 5) is 0. The summed E-state index contributed by atoms with van der Waals surface area (Å²) in [7, 11) is 2.58. The topological polar surface area (TPSA) is 27.7 Å². The largest absolute Gasteiger partial charge is 0.500 e. The quantitative estimate of drug-likeness (QED) is 0.550. The lowest BCUT2D eigenvalue weighted by molar-refractivity contribution is 0.123. The van der Waals surface area contributed by atoms with Gasteiger partial charge < -0.3 is 13.3 Å². The first kappa shape index (κ1) is 18.2. The summed E-state index contributed by atoms with van der Waals surface area (Å²) in [6.45, 7) is 3.53. The second-order valence-electron chi connectivity index (χ2n) is 2.70. The van der Waals surface area contributed by atoms with Crippen molar-refractivity contribution in [1.29, 1.82) is 0 Å². The van der Waals surface area contributed by atoms with Crippen molar-refractivity contribution in [2.45, 2.75) is 18.9 Å². The molecule has 93 valence electrons. The van der Waals surface area contributed by atoms with E-state index in [1.807, 2.05) is 0 Å². The van der Waals surface area contributed by atoms with E-state index in [0.29, 0.717) is 0 Å². The van der Waals surface area contributed by atoms with E-state index in [0.717, 1.165) is 30.4 Å². The Balaban J connectivity index is 0. The van der Waals surface area contributed by atoms with Crippen LogP contribution in [0.4, 0.5) is 0 Å². The van der Waals surface area contributed by atoms with E-state index in [4.69, 9.17) is 13.3 Å². The van der Waals surface area contributed by atoms with Crippen molar-refractivity contribution in [3.05, 3.63) is 6.92 Å². The van der Waals surface area contributed by atoms with Gasteiger partial charge in [-0.15, -0.1) is 0 Å². The third-order valence-electron chi connectivity index (χ3n) is 1.73. The summed E-state index contributed by atoms with van der Waals surface area (Å²) in [5.41, 5.74) is 0. The number of thiol groups is 2. The highest BCUT2D eigenvalue weighted by Gasteiger charge is 2.36. The van der Waals surface area contributed by atoms with E-state index >= 15 is 0 Å². The Morgan fingerprint density at radius 2 is 1.40 bits per heavy atom. The predicted octanol–water partition coefficient (Wildman–Crippen LogP) is 2.32. The standard InChI is InChI=1S/C6H16O3SSi.C3H7S/c1-7-11(8-2,9-3)6-4-5-10;1-2-3-4/h10H,4-6H2,1-3H3;4H,1-3H2. The Morgan fingerprint density at radius 1 is 1.00 bits per heavy atom. The first-order valence-corrected chi connectivity index (χ1v) is 8.02. The highest BCUT2D eigenvalue weighted by atomic mass is 32.1. The molecule has 15 heavy (non-hydrogen) atoms. The molecule has 0 spiro atoms. The fraction of sp³-hybridized carbons (Fsp3) is 0.889. The smallest absolute Gasteiger partial charge is 0.377 e. The SMILES string of the molecule is CO[Si](CCCS)(OC)OC.[CH2]CCS. The molecule has 0 aromatic rings. The third-order valence-corrected chi connectivity index (χ3v) is 5.20. The molecule has 0 aliphatic rings. The Bertz CT molecular complexity index is 114. The molecule has 0 atom stereocenters. The molecule has 0 N–H and O–H groups in total. The molecule has 0 heterocycles. The molecule has 0 saturated heterocycles. The minimum absolute atomic E-state index is 0.833. The van der Waals surface area contributed by atoms with Crippen molar-refractivity contribution in [1.82, 2.24) is 0 Å². The zero-order chi connectivity index (χ0) is 12.2. The molecule has 0 aliphatic carbocycles. The number of hydrogen-bond donors (Lipinski definition) is 2. The summed E-state index contributed by atoms with van der Waals surface area (Å²) in [5, 5.41) is 0. The van der Waals surface area contributed by atoms with Gasteiger partial charge in [-0.3, -0.25) is 0 Å². The molecule has 0 saturated carbocycles. The summed E-state index contributed by atoms with van der Waals surface area (Å²) in [6, 6.07) is 0.833. The van der Waals surface area contributed by atoms with Crippen LogP contribution in [0.15, 0.2) is 0 Å². The maximum atomic E-state index is 5.20. The molecule has 0 amide bonds. The normalized spacial score (nSPS) is 10.8. The minimum Gasteiger partial charge on any atom is -0.377 e. The Kier molecular flexibility index (Phi) is 15.6. The molecule has 0 rings (SSSR count). The fourth-order valence-electron chi connectivity index (χ4n) is 0.852. The maximum Gasteiger partial charge on any atom is 0.500 e. The van der Waals surface area contributed by atoms with Gasteiger partial charge in [-0.05, 0) is 24.3 Å². The van der Waals surface area contributed by atoms with E-state index < -0.39 is 8.80 Å². The summed E-state index contributed by atoms with van der Waals surface area (Å²) in [6.07, 6.45) is 1.90. The molecular weight excluding hydrogens is 248 g/mol. The van der Waals surface area contributed by atoms with Gasteiger partial charge in [0.15, 0.2) is 0 Å². The van der Waals surface area contributed by atoms with Crippen molar-refractivity contribution >= 4 is 34.1 Å². The van der Waals surface area contributed by atoms with Crippen LogP contribution in [-0.2, 0) is 13.3 Å².